The van der Waals surface area contributed by atoms with Crippen LogP contribution >= 0.6 is 11.6 Å². The van der Waals surface area contributed by atoms with Crippen LogP contribution < -0.4 is 5.56 Å². The Morgan fingerprint density at radius 3 is 2.69 bits per heavy atom. The first-order valence-electron chi connectivity index (χ1n) is 3.10. The summed E-state index contributed by atoms with van der Waals surface area (Å²) in [5.41, 5.74) is -1.74. The number of hydrogen-bond acceptors (Lipinski definition) is 3. The minimum atomic E-state index is -1.57. The highest BCUT2D eigenvalue weighted by Crippen LogP contribution is 2.10. The van der Waals surface area contributed by atoms with Gasteiger partial charge >= 0.3 is 5.97 Å². The molecule has 0 bridgehead atoms. The molecular weight excluding hydrogens is 203 g/mol. The monoisotopic (exact) mass is 206 g/mol. The van der Waals surface area contributed by atoms with Crippen LogP contribution in [0.2, 0.25) is 5.02 Å². The second kappa shape index (κ2) is 3.14. The third-order valence-corrected chi connectivity index (χ3v) is 1.66. The molecular formula is C6H4ClFN2O3. The van der Waals surface area contributed by atoms with E-state index in [2.05, 4.69) is 5.10 Å². The number of aryl methyl sites for hydroxylation is 1. The highest BCUT2D eigenvalue weighted by atomic mass is 35.5. The summed E-state index contributed by atoms with van der Waals surface area (Å²) >= 11 is 5.22. The number of carboxylic acid groups (broad SMARTS) is 1. The number of hydrogen-bond donors (Lipinski definition) is 1. The third kappa shape index (κ3) is 1.52. The Morgan fingerprint density at radius 1 is 1.69 bits per heavy atom. The van der Waals surface area contributed by atoms with Crippen molar-refractivity contribution in [3.05, 3.63) is 26.9 Å². The molecule has 70 valence electrons. The second-order valence-electron chi connectivity index (χ2n) is 2.21. The van der Waals surface area contributed by atoms with Crippen molar-refractivity contribution in [2.75, 3.05) is 0 Å². The molecule has 1 rings (SSSR count). The van der Waals surface area contributed by atoms with Crippen LogP contribution in [0.15, 0.2) is 4.79 Å². The van der Waals surface area contributed by atoms with E-state index in [1.165, 1.54) is 7.05 Å². The van der Waals surface area contributed by atoms with E-state index < -0.39 is 28.1 Å². The third-order valence-electron chi connectivity index (χ3n) is 1.33. The molecule has 0 fully saturated rings. The molecule has 13 heavy (non-hydrogen) atoms. The van der Waals surface area contributed by atoms with Gasteiger partial charge in [-0.05, 0) is 0 Å². The molecule has 0 aliphatic carbocycles. The van der Waals surface area contributed by atoms with Gasteiger partial charge in [-0.3, -0.25) is 4.79 Å². The van der Waals surface area contributed by atoms with E-state index >= 15 is 0 Å². The number of halogens is 2. The van der Waals surface area contributed by atoms with E-state index in [-0.39, 0.29) is 0 Å². The Hall–Kier alpha value is -1.43. The van der Waals surface area contributed by atoms with Gasteiger partial charge in [-0.25, -0.2) is 13.9 Å². The van der Waals surface area contributed by atoms with Gasteiger partial charge in [-0.2, -0.15) is 5.10 Å². The van der Waals surface area contributed by atoms with Crippen LogP contribution in [-0.4, -0.2) is 20.9 Å². The quantitative estimate of drug-likeness (QED) is 0.716. The van der Waals surface area contributed by atoms with Crippen molar-refractivity contribution < 1.29 is 14.3 Å². The van der Waals surface area contributed by atoms with E-state index in [1.54, 1.807) is 0 Å². The van der Waals surface area contributed by atoms with Gasteiger partial charge in [0.2, 0.25) is 5.69 Å². The van der Waals surface area contributed by atoms with E-state index in [1.807, 2.05) is 0 Å². The fourth-order valence-corrected chi connectivity index (χ4v) is 0.928. The van der Waals surface area contributed by atoms with Gasteiger partial charge in [-0.1, -0.05) is 11.6 Å². The number of aromatic nitrogens is 2. The first kappa shape index (κ1) is 9.66. The van der Waals surface area contributed by atoms with Crippen LogP contribution in [0.25, 0.3) is 0 Å². The summed E-state index contributed by atoms with van der Waals surface area (Å²) in [5, 5.41) is 10.8. The van der Waals surface area contributed by atoms with E-state index in [0.717, 1.165) is 0 Å². The predicted octanol–water partition coefficient (Wildman–Crippen LogP) is 0.271. The zero-order valence-electron chi connectivity index (χ0n) is 6.41. The van der Waals surface area contributed by atoms with Crippen molar-refractivity contribution in [1.82, 2.24) is 9.78 Å². The molecule has 0 saturated heterocycles. The number of rotatable bonds is 1. The Balaban J connectivity index is 3.60. The van der Waals surface area contributed by atoms with Gasteiger partial charge in [-0.15, -0.1) is 0 Å². The minimum Gasteiger partial charge on any atom is -0.476 e. The van der Waals surface area contributed by atoms with Crippen LogP contribution in [0.1, 0.15) is 10.5 Å². The van der Waals surface area contributed by atoms with E-state index in [4.69, 9.17) is 16.7 Å². The molecule has 1 aromatic rings. The number of aromatic carboxylic acids is 1. The van der Waals surface area contributed by atoms with Crippen molar-refractivity contribution in [3.63, 3.8) is 0 Å². The largest absolute Gasteiger partial charge is 0.476 e. The van der Waals surface area contributed by atoms with Gasteiger partial charge in [0.1, 0.15) is 5.02 Å². The lowest BCUT2D eigenvalue weighted by Crippen LogP contribution is -2.25. The standard InChI is InChI=1S/C6H4ClFN2O3/c1-10-5(11)2(7)3(8)4(9-10)6(12)13/h1H3,(H,12,13). The summed E-state index contributed by atoms with van der Waals surface area (Å²) in [7, 11) is 1.18. The van der Waals surface area contributed by atoms with Crippen LogP contribution in [0, 0.1) is 5.82 Å². The molecule has 5 nitrogen and oxygen atoms in total. The average molecular weight is 207 g/mol. The normalized spacial score (nSPS) is 10.1. The highest BCUT2D eigenvalue weighted by molar-refractivity contribution is 6.30. The summed E-state index contributed by atoms with van der Waals surface area (Å²) in [4.78, 5) is 21.3. The maximum absolute atomic E-state index is 12.9. The Morgan fingerprint density at radius 2 is 2.23 bits per heavy atom. The van der Waals surface area contributed by atoms with Crippen LogP contribution in [-0.2, 0) is 7.05 Å². The first-order valence-corrected chi connectivity index (χ1v) is 3.48. The molecule has 0 spiro atoms. The van der Waals surface area contributed by atoms with Crippen LogP contribution in [0.3, 0.4) is 0 Å². The van der Waals surface area contributed by atoms with Crippen molar-refractivity contribution in [1.29, 1.82) is 0 Å². The molecule has 0 aliphatic rings. The summed E-state index contributed by atoms with van der Waals surface area (Å²) in [6, 6.07) is 0. The van der Waals surface area contributed by atoms with Crippen LogP contribution in [0.5, 0.6) is 0 Å². The molecule has 0 saturated carbocycles. The summed E-state index contributed by atoms with van der Waals surface area (Å²) in [6.07, 6.45) is 0. The highest BCUT2D eigenvalue weighted by Gasteiger charge is 2.19. The summed E-state index contributed by atoms with van der Waals surface area (Å²) in [6.45, 7) is 0. The molecule has 0 radical (unpaired) electrons. The van der Waals surface area contributed by atoms with E-state index in [0.29, 0.717) is 4.68 Å². The predicted molar refractivity (Wildman–Crippen MR) is 41.4 cm³/mol. The molecule has 7 heteroatoms. The van der Waals surface area contributed by atoms with Gasteiger partial charge in [0.15, 0.2) is 5.82 Å². The molecule has 0 aromatic carbocycles. The molecule has 0 unspecified atom stereocenters. The van der Waals surface area contributed by atoms with Gasteiger partial charge < -0.3 is 5.11 Å². The van der Waals surface area contributed by atoms with Crippen molar-refractivity contribution in [2.45, 2.75) is 0 Å². The van der Waals surface area contributed by atoms with Gasteiger partial charge in [0, 0.05) is 7.05 Å². The molecule has 0 amide bonds. The second-order valence-corrected chi connectivity index (χ2v) is 2.59. The smallest absolute Gasteiger partial charge is 0.359 e. The molecule has 1 heterocycles. The maximum Gasteiger partial charge on any atom is 0.359 e. The van der Waals surface area contributed by atoms with Gasteiger partial charge in [0.25, 0.3) is 5.56 Å². The average Bonchev–Trinajstić information content (AvgIpc) is 2.07. The number of carboxylic acids is 1. The minimum absolute atomic E-state index is 0.662. The lowest BCUT2D eigenvalue weighted by molar-refractivity contribution is 0.0681. The molecule has 1 aromatic heterocycles. The Bertz CT molecular complexity index is 429. The number of nitrogens with zero attached hydrogens (tertiary/aromatic N) is 2. The number of carbonyl (C=O) groups is 1. The van der Waals surface area contributed by atoms with Crippen molar-refractivity contribution in [3.8, 4) is 0 Å². The fraction of sp³-hybridized carbons (Fsp3) is 0.167. The van der Waals surface area contributed by atoms with E-state index in [9.17, 15) is 14.0 Å². The molecule has 0 aliphatic heterocycles. The zero-order valence-corrected chi connectivity index (χ0v) is 7.17. The summed E-state index contributed by atoms with van der Waals surface area (Å²) < 4.78 is 13.6. The van der Waals surface area contributed by atoms with Crippen LogP contribution in [0.4, 0.5) is 4.39 Å². The van der Waals surface area contributed by atoms with Crippen molar-refractivity contribution >= 4 is 17.6 Å². The maximum atomic E-state index is 12.9. The lowest BCUT2D eigenvalue weighted by atomic mass is 10.4. The Kier molecular flexibility index (Phi) is 2.33. The summed E-state index contributed by atoms with van der Waals surface area (Å²) in [5.74, 6) is -2.88. The van der Waals surface area contributed by atoms with Crippen molar-refractivity contribution in [2.24, 2.45) is 7.05 Å². The SMILES string of the molecule is Cn1nc(C(=O)O)c(F)c(Cl)c1=O. The molecule has 1 N–H and O–H groups in total. The fourth-order valence-electron chi connectivity index (χ4n) is 0.716. The first-order chi connectivity index (χ1) is 5.95. The Labute approximate surface area is 76.4 Å². The lowest BCUT2D eigenvalue weighted by Gasteiger charge is -2.01. The zero-order chi connectivity index (χ0) is 10.2. The van der Waals surface area contributed by atoms with Gasteiger partial charge in [0.05, 0.1) is 0 Å². The molecule has 0 atom stereocenters. The topological polar surface area (TPSA) is 72.2 Å².